The number of hydrogen-bond acceptors (Lipinski definition) is 5. The molecule has 2 aromatic heterocycles. The molecule has 2 N–H and O–H groups in total. The average molecular weight is 528 g/mol. The number of aromatic nitrogens is 2. The molecular formula is C32H53N3OS. The highest BCUT2D eigenvalue weighted by Gasteiger charge is 2.06. The van der Waals surface area contributed by atoms with E-state index in [1.165, 1.54) is 69.8 Å². The van der Waals surface area contributed by atoms with Gasteiger partial charge >= 0.3 is 6.01 Å². The number of methoxy groups -OCH3 is 1. The average Bonchev–Trinajstić information content (AvgIpc) is 3.33. The standard InChI is InChI=1S/C13H16S.C7H14.C5H6N2O.C4H8.C3H9N/c1-10(2)12-7-6-11(14-12)8-9-13(3,4)5;1-7-5-3-2-4-6-7;1-8-5-6-3-2-4-7-5;1-2-4-3-1;1-2-3-4/h6-7H,1H2,2-5H3;7H,2-6H2,1H3;2-4H,1H3;1-4H2;2-4H2,1H3. The number of nitrogens with two attached hydrogens (primary N) is 1. The third-order valence-corrected chi connectivity index (χ3v) is 6.66. The second-order valence-corrected chi connectivity index (χ2v) is 11.7. The normalized spacial score (nSPS) is 14.1. The number of ether oxygens (including phenoxy) is 1. The van der Waals surface area contributed by atoms with E-state index in [1.54, 1.807) is 29.8 Å². The van der Waals surface area contributed by atoms with Crippen molar-refractivity contribution in [2.45, 2.75) is 106 Å². The van der Waals surface area contributed by atoms with Crippen LogP contribution in [-0.2, 0) is 0 Å². The third-order valence-electron chi connectivity index (χ3n) is 5.49. The van der Waals surface area contributed by atoms with Crippen LogP contribution in [0.15, 0.2) is 37.2 Å². The van der Waals surface area contributed by atoms with Crippen LogP contribution in [0.3, 0.4) is 0 Å². The van der Waals surface area contributed by atoms with E-state index in [-0.39, 0.29) is 5.41 Å². The Morgan fingerprint density at radius 3 is 1.86 bits per heavy atom. The number of thiophene rings is 1. The molecule has 2 heterocycles. The summed E-state index contributed by atoms with van der Waals surface area (Å²) in [6, 6.07) is 6.29. The molecule has 0 aliphatic heterocycles. The molecule has 0 spiro atoms. The summed E-state index contributed by atoms with van der Waals surface area (Å²) >= 11 is 1.71. The van der Waals surface area contributed by atoms with Gasteiger partial charge in [0.2, 0.25) is 0 Å². The first-order valence-electron chi connectivity index (χ1n) is 13.9. The maximum Gasteiger partial charge on any atom is 0.315 e. The lowest BCUT2D eigenvalue weighted by molar-refractivity contribution is 0.379. The van der Waals surface area contributed by atoms with Crippen LogP contribution in [0, 0.1) is 23.2 Å². The smallest absolute Gasteiger partial charge is 0.315 e. The Hall–Kier alpha value is -2.16. The lowest BCUT2D eigenvalue weighted by Crippen LogP contribution is -1.99. The van der Waals surface area contributed by atoms with Crippen molar-refractivity contribution in [1.82, 2.24) is 9.97 Å². The van der Waals surface area contributed by atoms with Crippen molar-refractivity contribution in [3.63, 3.8) is 0 Å². The highest BCUT2D eigenvalue weighted by Crippen LogP contribution is 2.23. The summed E-state index contributed by atoms with van der Waals surface area (Å²) in [6.07, 6.45) is 17.8. The fourth-order valence-electron chi connectivity index (χ4n) is 2.83. The van der Waals surface area contributed by atoms with Gasteiger partial charge in [0.15, 0.2) is 0 Å². The van der Waals surface area contributed by atoms with E-state index in [9.17, 15) is 0 Å². The van der Waals surface area contributed by atoms with Gasteiger partial charge in [-0.1, -0.05) is 90.1 Å². The van der Waals surface area contributed by atoms with Gasteiger partial charge in [0, 0.05) is 22.7 Å². The van der Waals surface area contributed by atoms with E-state index in [1.807, 2.05) is 6.92 Å². The monoisotopic (exact) mass is 527 g/mol. The fraction of sp³-hybridized carbons (Fsp3) is 0.625. The molecule has 208 valence electrons. The van der Waals surface area contributed by atoms with Gasteiger partial charge in [0.25, 0.3) is 0 Å². The van der Waals surface area contributed by atoms with Crippen molar-refractivity contribution in [2.24, 2.45) is 17.1 Å². The molecule has 4 rings (SSSR count). The first-order valence-corrected chi connectivity index (χ1v) is 14.7. The molecule has 2 fully saturated rings. The highest BCUT2D eigenvalue weighted by atomic mass is 32.1. The van der Waals surface area contributed by atoms with Crippen molar-refractivity contribution in [2.75, 3.05) is 13.7 Å². The minimum atomic E-state index is 0.0768. The van der Waals surface area contributed by atoms with Gasteiger partial charge in [-0.3, -0.25) is 0 Å². The van der Waals surface area contributed by atoms with Gasteiger partial charge in [-0.05, 0) is 70.4 Å². The third kappa shape index (κ3) is 21.6. The maximum atomic E-state index is 5.03. The molecule has 2 aliphatic rings. The lowest BCUT2D eigenvalue weighted by Gasteiger charge is -2.15. The Balaban J connectivity index is 0.000000479. The minimum Gasteiger partial charge on any atom is -0.467 e. The van der Waals surface area contributed by atoms with Crippen LogP contribution in [0.25, 0.3) is 5.57 Å². The molecule has 0 unspecified atom stereocenters. The molecule has 0 saturated heterocycles. The lowest BCUT2D eigenvalue weighted by atomic mass is 9.91. The van der Waals surface area contributed by atoms with Crippen LogP contribution in [-0.4, -0.2) is 23.6 Å². The molecule has 0 aromatic carbocycles. The zero-order valence-corrected chi connectivity index (χ0v) is 25.6. The topological polar surface area (TPSA) is 61.0 Å². The van der Waals surface area contributed by atoms with Crippen molar-refractivity contribution < 1.29 is 4.74 Å². The van der Waals surface area contributed by atoms with Crippen LogP contribution >= 0.6 is 11.3 Å². The highest BCUT2D eigenvalue weighted by molar-refractivity contribution is 7.13. The molecule has 5 heteroatoms. The summed E-state index contributed by atoms with van der Waals surface area (Å²) in [5.74, 6) is 7.44. The Labute approximate surface area is 232 Å². The fourth-order valence-corrected chi connectivity index (χ4v) is 3.62. The van der Waals surface area contributed by atoms with Crippen molar-refractivity contribution >= 4 is 16.9 Å². The van der Waals surface area contributed by atoms with E-state index >= 15 is 0 Å². The second kappa shape index (κ2) is 21.9. The van der Waals surface area contributed by atoms with Crippen LogP contribution in [0.5, 0.6) is 6.01 Å². The zero-order chi connectivity index (χ0) is 27.9. The predicted octanol–water partition coefficient (Wildman–Crippen LogP) is 9.17. The maximum absolute atomic E-state index is 5.03. The number of rotatable bonds is 3. The van der Waals surface area contributed by atoms with Crippen molar-refractivity contribution in [3.05, 3.63) is 46.9 Å². The summed E-state index contributed by atoms with van der Waals surface area (Å²) in [7, 11) is 1.54. The number of nitrogens with zero attached hydrogens (tertiary/aromatic N) is 2. The Morgan fingerprint density at radius 2 is 1.57 bits per heavy atom. The number of allylic oxidation sites excluding steroid dienone is 1. The van der Waals surface area contributed by atoms with E-state index in [2.05, 4.69) is 75.1 Å². The molecule has 37 heavy (non-hydrogen) atoms. The molecule has 4 nitrogen and oxygen atoms in total. The van der Waals surface area contributed by atoms with Crippen LogP contribution in [0.4, 0.5) is 0 Å². The summed E-state index contributed by atoms with van der Waals surface area (Å²) in [5, 5.41) is 0. The molecule has 0 amide bonds. The summed E-state index contributed by atoms with van der Waals surface area (Å²) < 4.78 is 4.69. The summed E-state index contributed by atoms with van der Waals surface area (Å²) in [5.41, 5.74) is 6.21. The molecule has 2 aromatic rings. The first kappa shape index (κ1) is 34.8. The van der Waals surface area contributed by atoms with E-state index in [0.717, 1.165) is 29.3 Å². The SMILES string of the molecule is C1CCC1.C=C(C)c1ccc(C#CC(C)(C)C)s1.CC1CCCCC1.CCCN.COc1ncccn1. The molecule has 2 aliphatic carbocycles. The van der Waals surface area contributed by atoms with E-state index < -0.39 is 0 Å². The van der Waals surface area contributed by atoms with E-state index in [0.29, 0.717) is 6.01 Å². The van der Waals surface area contributed by atoms with Gasteiger partial charge in [-0.15, -0.1) is 11.3 Å². The van der Waals surface area contributed by atoms with Crippen LogP contribution in [0.2, 0.25) is 0 Å². The summed E-state index contributed by atoms with van der Waals surface area (Å²) in [4.78, 5) is 9.88. The van der Waals surface area contributed by atoms with Gasteiger partial charge in [0.05, 0.1) is 12.0 Å². The molecule has 0 atom stereocenters. The summed E-state index contributed by atoms with van der Waals surface area (Å²) in [6.45, 7) is 17.5. The van der Waals surface area contributed by atoms with Crippen LogP contribution < -0.4 is 10.5 Å². The van der Waals surface area contributed by atoms with Crippen molar-refractivity contribution in [1.29, 1.82) is 0 Å². The van der Waals surface area contributed by atoms with Gasteiger partial charge < -0.3 is 10.5 Å². The van der Waals surface area contributed by atoms with Gasteiger partial charge in [0.1, 0.15) is 0 Å². The largest absolute Gasteiger partial charge is 0.467 e. The molecule has 0 radical (unpaired) electrons. The molecule has 0 bridgehead atoms. The second-order valence-electron chi connectivity index (χ2n) is 10.6. The molecule has 2 saturated carbocycles. The van der Waals surface area contributed by atoms with E-state index in [4.69, 9.17) is 10.5 Å². The molecular weight excluding hydrogens is 474 g/mol. The zero-order valence-electron chi connectivity index (χ0n) is 24.7. The first-order chi connectivity index (χ1) is 17.6. The number of hydrogen-bond donors (Lipinski definition) is 1. The van der Waals surface area contributed by atoms with Gasteiger partial charge in [-0.2, -0.15) is 0 Å². The minimum absolute atomic E-state index is 0.0768. The quantitative estimate of drug-likeness (QED) is 0.404. The van der Waals surface area contributed by atoms with Gasteiger partial charge in [-0.25, -0.2) is 9.97 Å². The predicted molar refractivity (Wildman–Crippen MR) is 164 cm³/mol. The Morgan fingerprint density at radius 1 is 1.05 bits per heavy atom. The van der Waals surface area contributed by atoms with Crippen LogP contribution in [0.1, 0.15) is 116 Å². The Kier molecular flexibility index (Phi) is 20.6. The van der Waals surface area contributed by atoms with Crippen molar-refractivity contribution in [3.8, 4) is 17.9 Å². The Bertz CT molecular complexity index is 859.